The summed E-state index contributed by atoms with van der Waals surface area (Å²) in [6.45, 7) is 0. The minimum atomic E-state index is -0.0999. The number of ether oxygens (including phenoxy) is 1. The number of aryl methyl sites for hydroxylation is 1. The van der Waals surface area contributed by atoms with Crippen LogP contribution >= 0.6 is 0 Å². The third-order valence-electron chi connectivity index (χ3n) is 3.22. The molecule has 0 aliphatic heterocycles. The lowest BCUT2D eigenvalue weighted by atomic mass is 10.2. The van der Waals surface area contributed by atoms with Crippen LogP contribution in [0.25, 0.3) is 0 Å². The maximum atomic E-state index is 12.1. The first-order valence-corrected chi connectivity index (χ1v) is 7.30. The molecule has 0 saturated heterocycles. The Kier molecular flexibility index (Phi) is 4.69. The maximum absolute atomic E-state index is 12.1. The van der Waals surface area contributed by atoms with Crippen LogP contribution in [0.4, 0.5) is 5.69 Å². The first-order chi connectivity index (χ1) is 11.3. The van der Waals surface area contributed by atoms with Gasteiger partial charge in [-0.1, -0.05) is 30.3 Å². The lowest BCUT2D eigenvalue weighted by molar-refractivity contribution is -0.116. The molecule has 2 aromatic carbocycles. The second kappa shape index (κ2) is 7.26. The van der Waals surface area contributed by atoms with Crippen LogP contribution in [0.3, 0.4) is 0 Å². The number of nitrogens with zero attached hydrogens (tertiary/aromatic N) is 1. The third kappa shape index (κ3) is 4.20. The Morgan fingerprint density at radius 3 is 2.65 bits per heavy atom. The van der Waals surface area contributed by atoms with Crippen molar-refractivity contribution in [2.45, 2.75) is 12.8 Å². The van der Waals surface area contributed by atoms with Crippen LogP contribution in [0, 0.1) is 0 Å². The van der Waals surface area contributed by atoms with Crippen LogP contribution in [0.1, 0.15) is 12.1 Å². The second-order valence-electron chi connectivity index (χ2n) is 4.94. The lowest BCUT2D eigenvalue weighted by Crippen LogP contribution is -2.13. The highest BCUT2D eigenvalue weighted by Gasteiger charge is 2.09. The molecule has 0 aliphatic carbocycles. The molecule has 0 radical (unpaired) electrons. The van der Waals surface area contributed by atoms with Crippen molar-refractivity contribution in [2.75, 3.05) is 5.32 Å². The molecule has 0 fully saturated rings. The molecule has 1 amide bonds. The predicted molar refractivity (Wildman–Crippen MR) is 86.4 cm³/mol. The molecule has 3 aromatic rings. The molecule has 0 unspecified atom stereocenters. The highest BCUT2D eigenvalue weighted by atomic mass is 16.5. The summed E-state index contributed by atoms with van der Waals surface area (Å²) in [7, 11) is 0. The fraction of sp³-hybridized carbons (Fsp3) is 0.111. The second-order valence-corrected chi connectivity index (χ2v) is 4.94. The first-order valence-electron chi connectivity index (χ1n) is 7.30. The summed E-state index contributed by atoms with van der Waals surface area (Å²) >= 11 is 0. The number of para-hydroxylation sites is 3. The quantitative estimate of drug-likeness (QED) is 0.746. The molecule has 0 aliphatic rings. The van der Waals surface area contributed by atoms with Crippen molar-refractivity contribution in [2.24, 2.45) is 0 Å². The van der Waals surface area contributed by atoms with Gasteiger partial charge in [-0.3, -0.25) is 4.79 Å². The number of anilines is 1. The monoisotopic (exact) mass is 308 g/mol. The minimum absolute atomic E-state index is 0.0999. The van der Waals surface area contributed by atoms with Crippen LogP contribution in [-0.4, -0.2) is 10.9 Å². The molecule has 1 heterocycles. The van der Waals surface area contributed by atoms with Gasteiger partial charge in [0.2, 0.25) is 5.91 Å². The summed E-state index contributed by atoms with van der Waals surface area (Å²) in [6, 6.07) is 16.8. The molecule has 0 saturated carbocycles. The molecule has 0 spiro atoms. The third-order valence-corrected chi connectivity index (χ3v) is 3.22. The number of aromatic nitrogens is 1. The topological polar surface area (TPSA) is 64.4 Å². The Morgan fingerprint density at radius 1 is 1.09 bits per heavy atom. The summed E-state index contributed by atoms with van der Waals surface area (Å²) in [4.78, 5) is 16.1. The summed E-state index contributed by atoms with van der Waals surface area (Å²) in [5.74, 6) is 1.22. The van der Waals surface area contributed by atoms with Gasteiger partial charge in [0.25, 0.3) is 0 Å². The number of amides is 1. The van der Waals surface area contributed by atoms with Gasteiger partial charge in [0.05, 0.1) is 11.4 Å². The van der Waals surface area contributed by atoms with Gasteiger partial charge in [0.15, 0.2) is 12.1 Å². The van der Waals surface area contributed by atoms with Crippen molar-refractivity contribution in [3.8, 4) is 11.5 Å². The molecule has 3 rings (SSSR count). The first kappa shape index (κ1) is 14.8. The van der Waals surface area contributed by atoms with Gasteiger partial charge in [-0.25, -0.2) is 4.98 Å². The number of hydrogen-bond acceptors (Lipinski definition) is 4. The SMILES string of the molecule is O=C(CCc1cocn1)Nc1ccccc1Oc1ccccc1. The highest BCUT2D eigenvalue weighted by molar-refractivity contribution is 5.92. The number of oxazole rings is 1. The van der Waals surface area contributed by atoms with E-state index in [9.17, 15) is 4.79 Å². The summed E-state index contributed by atoms with van der Waals surface area (Å²) in [5, 5.41) is 2.87. The van der Waals surface area contributed by atoms with E-state index in [0.29, 0.717) is 24.3 Å². The van der Waals surface area contributed by atoms with E-state index in [2.05, 4.69) is 10.3 Å². The van der Waals surface area contributed by atoms with E-state index >= 15 is 0 Å². The molecule has 1 N–H and O–H groups in total. The number of rotatable bonds is 6. The van der Waals surface area contributed by atoms with E-state index in [1.807, 2.05) is 54.6 Å². The van der Waals surface area contributed by atoms with E-state index in [0.717, 1.165) is 11.4 Å². The molecular formula is C18H16N2O3. The lowest BCUT2D eigenvalue weighted by Gasteiger charge is -2.12. The fourth-order valence-corrected chi connectivity index (χ4v) is 2.09. The van der Waals surface area contributed by atoms with Gasteiger partial charge in [0, 0.05) is 12.8 Å². The van der Waals surface area contributed by atoms with Crippen LogP contribution in [0.5, 0.6) is 11.5 Å². The van der Waals surface area contributed by atoms with Gasteiger partial charge >= 0.3 is 0 Å². The van der Waals surface area contributed by atoms with E-state index < -0.39 is 0 Å². The minimum Gasteiger partial charge on any atom is -0.455 e. The van der Waals surface area contributed by atoms with Crippen molar-refractivity contribution < 1.29 is 13.9 Å². The van der Waals surface area contributed by atoms with Crippen LogP contribution in [-0.2, 0) is 11.2 Å². The van der Waals surface area contributed by atoms with E-state index in [4.69, 9.17) is 9.15 Å². The molecular weight excluding hydrogens is 292 g/mol. The predicted octanol–water partition coefficient (Wildman–Crippen LogP) is 4.04. The largest absolute Gasteiger partial charge is 0.455 e. The Morgan fingerprint density at radius 2 is 1.87 bits per heavy atom. The Labute approximate surface area is 133 Å². The molecule has 5 heteroatoms. The normalized spacial score (nSPS) is 10.3. The fourth-order valence-electron chi connectivity index (χ4n) is 2.09. The summed E-state index contributed by atoms with van der Waals surface area (Å²) in [5.41, 5.74) is 1.40. The molecule has 0 atom stereocenters. The zero-order chi connectivity index (χ0) is 15.9. The highest BCUT2D eigenvalue weighted by Crippen LogP contribution is 2.29. The number of carbonyl (C=O) groups is 1. The number of nitrogens with one attached hydrogen (secondary N) is 1. The zero-order valence-electron chi connectivity index (χ0n) is 12.4. The standard InChI is InChI=1S/C18H16N2O3/c21-18(11-10-14-12-22-13-19-14)20-16-8-4-5-9-17(16)23-15-6-2-1-3-7-15/h1-9,12-13H,10-11H2,(H,20,21). The summed E-state index contributed by atoms with van der Waals surface area (Å²) < 4.78 is 10.7. The number of hydrogen-bond donors (Lipinski definition) is 1. The van der Waals surface area contributed by atoms with Gasteiger partial charge in [-0.05, 0) is 24.3 Å². The van der Waals surface area contributed by atoms with Crippen molar-refractivity contribution in [3.05, 3.63) is 72.9 Å². The maximum Gasteiger partial charge on any atom is 0.224 e. The molecule has 116 valence electrons. The van der Waals surface area contributed by atoms with Gasteiger partial charge in [-0.15, -0.1) is 0 Å². The summed E-state index contributed by atoms with van der Waals surface area (Å²) in [6.07, 6.45) is 3.76. The van der Waals surface area contributed by atoms with Gasteiger partial charge in [-0.2, -0.15) is 0 Å². The number of carbonyl (C=O) groups excluding carboxylic acids is 1. The Balaban J connectivity index is 1.64. The van der Waals surface area contributed by atoms with Crippen molar-refractivity contribution in [3.63, 3.8) is 0 Å². The van der Waals surface area contributed by atoms with E-state index in [1.165, 1.54) is 6.39 Å². The molecule has 1 aromatic heterocycles. The van der Waals surface area contributed by atoms with Gasteiger partial charge in [0.1, 0.15) is 12.0 Å². The molecule has 5 nitrogen and oxygen atoms in total. The van der Waals surface area contributed by atoms with Crippen LogP contribution < -0.4 is 10.1 Å². The van der Waals surface area contributed by atoms with Crippen LogP contribution in [0.2, 0.25) is 0 Å². The smallest absolute Gasteiger partial charge is 0.224 e. The zero-order valence-corrected chi connectivity index (χ0v) is 12.4. The van der Waals surface area contributed by atoms with Crippen molar-refractivity contribution in [1.82, 2.24) is 4.98 Å². The Hall–Kier alpha value is -3.08. The molecule has 0 bridgehead atoms. The number of benzene rings is 2. The van der Waals surface area contributed by atoms with E-state index in [1.54, 1.807) is 6.26 Å². The average molecular weight is 308 g/mol. The molecule has 23 heavy (non-hydrogen) atoms. The van der Waals surface area contributed by atoms with Crippen molar-refractivity contribution in [1.29, 1.82) is 0 Å². The van der Waals surface area contributed by atoms with Crippen molar-refractivity contribution >= 4 is 11.6 Å². The van der Waals surface area contributed by atoms with Crippen LogP contribution in [0.15, 0.2) is 71.7 Å². The van der Waals surface area contributed by atoms with Gasteiger partial charge < -0.3 is 14.5 Å². The average Bonchev–Trinajstić information content (AvgIpc) is 3.09. The van der Waals surface area contributed by atoms with E-state index in [-0.39, 0.29) is 5.91 Å². The Bertz CT molecular complexity index is 755.